The van der Waals surface area contributed by atoms with E-state index in [4.69, 9.17) is 5.11 Å². The molecular formula is C12H13BrFNO4S. The number of halogens is 2. The van der Waals surface area contributed by atoms with Gasteiger partial charge in [0.05, 0.1) is 27.2 Å². The van der Waals surface area contributed by atoms with Gasteiger partial charge in [-0.1, -0.05) is 0 Å². The lowest BCUT2D eigenvalue weighted by Crippen LogP contribution is -2.33. The molecule has 1 saturated heterocycles. The van der Waals surface area contributed by atoms with Crippen LogP contribution in [0.2, 0.25) is 0 Å². The van der Waals surface area contributed by atoms with E-state index in [1.807, 2.05) is 0 Å². The molecule has 1 heterocycles. The number of rotatable bonds is 3. The first-order valence-corrected chi connectivity index (χ1v) is 8.49. The van der Waals surface area contributed by atoms with Crippen molar-refractivity contribution in [2.75, 3.05) is 23.5 Å². The number of hydrogen-bond donors (Lipinski definition) is 1. The van der Waals surface area contributed by atoms with Crippen LogP contribution in [0, 0.1) is 5.82 Å². The van der Waals surface area contributed by atoms with Crippen molar-refractivity contribution in [1.82, 2.24) is 0 Å². The molecule has 1 N–H and O–H groups in total. The molecule has 5 nitrogen and oxygen atoms in total. The maximum Gasteiger partial charge on any atom is 0.336 e. The Labute approximate surface area is 124 Å². The molecule has 1 aromatic carbocycles. The van der Waals surface area contributed by atoms with E-state index in [-0.39, 0.29) is 33.3 Å². The molecule has 1 aromatic rings. The molecule has 110 valence electrons. The van der Waals surface area contributed by atoms with Crippen LogP contribution in [0.5, 0.6) is 0 Å². The van der Waals surface area contributed by atoms with Crippen LogP contribution < -0.4 is 4.90 Å². The number of hydrogen-bond acceptors (Lipinski definition) is 4. The van der Waals surface area contributed by atoms with Crippen LogP contribution in [0.1, 0.15) is 16.8 Å². The Bertz CT molecular complexity index is 662. The average Bonchev–Trinajstić information content (AvgIpc) is 2.72. The molecule has 2 rings (SSSR count). The van der Waals surface area contributed by atoms with Gasteiger partial charge in [-0.3, -0.25) is 0 Å². The Balaban J connectivity index is 2.34. The molecule has 0 saturated carbocycles. The van der Waals surface area contributed by atoms with E-state index in [2.05, 4.69) is 15.9 Å². The Morgan fingerprint density at radius 1 is 1.50 bits per heavy atom. The average molecular weight is 366 g/mol. The summed E-state index contributed by atoms with van der Waals surface area (Å²) in [5.41, 5.74) is 0.0164. The Morgan fingerprint density at radius 2 is 2.15 bits per heavy atom. The van der Waals surface area contributed by atoms with E-state index in [1.54, 1.807) is 11.9 Å². The SMILES string of the molecule is CN(c1ccc(C(=O)O)c(Br)c1F)C1CCS(=O)(=O)C1. The summed E-state index contributed by atoms with van der Waals surface area (Å²) in [6.45, 7) is 0. The molecule has 0 spiro atoms. The van der Waals surface area contributed by atoms with Crippen molar-refractivity contribution in [3.05, 3.63) is 28.0 Å². The van der Waals surface area contributed by atoms with Crippen molar-refractivity contribution in [2.45, 2.75) is 12.5 Å². The third-order valence-electron chi connectivity index (χ3n) is 3.43. The van der Waals surface area contributed by atoms with Crippen molar-refractivity contribution in [3.8, 4) is 0 Å². The van der Waals surface area contributed by atoms with Gasteiger partial charge in [-0.05, 0) is 34.5 Å². The fourth-order valence-electron chi connectivity index (χ4n) is 2.25. The maximum atomic E-state index is 14.2. The highest BCUT2D eigenvalue weighted by Gasteiger charge is 2.32. The molecule has 1 fully saturated rings. The van der Waals surface area contributed by atoms with Crippen molar-refractivity contribution < 1.29 is 22.7 Å². The quantitative estimate of drug-likeness (QED) is 0.885. The molecular weight excluding hydrogens is 353 g/mol. The summed E-state index contributed by atoms with van der Waals surface area (Å²) in [5, 5.41) is 8.91. The molecule has 1 aliphatic heterocycles. The Morgan fingerprint density at radius 3 is 2.65 bits per heavy atom. The summed E-state index contributed by atoms with van der Waals surface area (Å²) in [5.74, 6) is -1.84. The van der Waals surface area contributed by atoms with E-state index in [1.165, 1.54) is 12.1 Å². The summed E-state index contributed by atoms with van der Waals surface area (Å²) >= 11 is 2.93. The van der Waals surface area contributed by atoms with Crippen molar-refractivity contribution in [2.24, 2.45) is 0 Å². The summed E-state index contributed by atoms with van der Waals surface area (Å²) in [7, 11) is -1.46. The van der Waals surface area contributed by atoms with Gasteiger partial charge in [0.1, 0.15) is 0 Å². The van der Waals surface area contributed by atoms with Crippen LogP contribution in [0.3, 0.4) is 0 Å². The monoisotopic (exact) mass is 365 g/mol. The van der Waals surface area contributed by atoms with E-state index < -0.39 is 21.6 Å². The van der Waals surface area contributed by atoms with Crippen LogP contribution in [-0.2, 0) is 9.84 Å². The van der Waals surface area contributed by atoms with E-state index in [0.717, 1.165) is 0 Å². The maximum absolute atomic E-state index is 14.2. The molecule has 0 aliphatic carbocycles. The van der Waals surface area contributed by atoms with E-state index in [0.29, 0.717) is 6.42 Å². The predicted molar refractivity (Wildman–Crippen MR) is 76.5 cm³/mol. The summed E-state index contributed by atoms with van der Waals surface area (Å²) in [4.78, 5) is 12.5. The molecule has 0 radical (unpaired) electrons. The first kappa shape index (κ1) is 15.2. The van der Waals surface area contributed by atoms with Crippen LogP contribution in [0.4, 0.5) is 10.1 Å². The molecule has 1 unspecified atom stereocenters. The molecule has 20 heavy (non-hydrogen) atoms. The molecule has 0 bridgehead atoms. The highest BCUT2D eigenvalue weighted by atomic mass is 79.9. The van der Waals surface area contributed by atoms with Crippen molar-refractivity contribution >= 4 is 37.4 Å². The minimum Gasteiger partial charge on any atom is -0.478 e. The van der Waals surface area contributed by atoms with Gasteiger partial charge in [0.15, 0.2) is 15.7 Å². The third-order valence-corrected chi connectivity index (χ3v) is 5.95. The van der Waals surface area contributed by atoms with Crippen LogP contribution >= 0.6 is 15.9 Å². The van der Waals surface area contributed by atoms with E-state index >= 15 is 0 Å². The lowest BCUT2D eigenvalue weighted by atomic mass is 10.1. The van der Waals surface area contributed by atoms with Crippen molar-refractivity contribution in [3.63, 3.8) is 0 Å². The number of aromatic carboxylic acids is 1. The number of carbonyl (C=O) groups is 1. The molecule has 0 aromatic heterocycles. The first-order valence-electron chi connectivity index (χ1n) is 5.87. The lowest BCUT2D eigenvalue weighted by Gasteiger charge is -2.26. The van der Waals surface area contributed by atoms with Crippen molar-refractivity contribution in [1.29, 1.82) is 0 Å². The lowest BCUT2D eigenvalue weighted by molar-refractivity contribution is 0.0695. The Kier molecular flexibility index (Phi) is 4.06. The van der Waals surface area contributed by atoms with Gasteiger partial charge in [0, 0.05) is 13.1 Å². The zero-order chi connectivity index (χ0) is 15.1. The highest BCUT2D eigenvalue weighted by Crippen LogP contribution is 2.31. The zero-order valence-corrected chi connectivity index (χ0v) is 13.0. The molecule has 1 aliphatic rings. The normalized spacial score (nSPS) is 20.9. The molecule has 8 heteroatoms. The standard InChI is InChI=1S/C12H13BrFNO4S/c1-15(7-4-5-20(18,19)6-7)9-3-2-8(12(16)17)10(13)11(9)14/h2-3,7H,4-6H2,1H3,(H,16,17). The van der Waals surface area contributed by atoms with Gasteiger partial charge in [-0.25, -0.2) is 17.6 Å². The van der Waals surface area contributed by atoms with Crippen LogP contribution in [-0.4, -0.2) is 44.1 Å². The molecule has 0 amide bonds. The van der Waals surface area contributed by atoms with Crippen LogP contribution in [0.15, 0.2) is 16.6 Å². The second kappa shape index (κ2) is 5.33. The first-order chi connectivity index (χ1) is 9.23. The number of anilines is 1. The second-order valence-corrected chi connectivity index (χ2v) is 7.75. The number of carboxylic acid groups (broad SMARTS) is 1. The number of carboxylic acids is 1. The number of sulfone groups is 1. The summed E-state index contributed by atoms with van der Waals surface area (Å²) in [6, 6.07) is 2.36. The fourth-order valence-corrected chi connectivity index (χ4v) is 4.53. The van der Waals surface area contributed by atoms with Crippen LogP contribution in [0.25, 0.3) is 0 Å². The zero-order valence-electron chi connectivity index (χ0n) is 10.6. The smallest absolute Gasteiger partial charge is 0.336 e. The second-order valence-electron chi connectivity index (χ2n) is 4.73. The topological polar surface area (TPSA) is 74.7 Å². The van der Waals surface area contributed by atoms with Gasteiger partial charge in [-0.15, -0.1) is 0 Å². The minimum absolute atomic E-state index is 0.0127. The minimum atomic E-state index is -3.06. The number of benzene rings is 1. The fraction of sp³-hybridized carbons (Fsp3) is 0.417. The summed E-state index contributed by atoms with van der Waals surface area (Å²) in [6.07, 6.45) is 0.441. The molecule has 1 atom stereocenters. The van der Waals surface area contributed by atoms with Gasteiger partial charge in [0.2, 0.25) is 0 Å². The van der Waals surface area contributed by atoms with Gasteiger partial charge >= 0.3 is 5.97 Å². The van der Waals surface area contributed by atoms with E-state index in [9.17, 15) is 17.6 Å². The predicted octanol–water partition coefficient (Wildman–Crippen LogP) is 1.91. The summed E-state index contributed by atoms with van der Waals surface area (Å²) < 4.78 is 37.0. The largest absolute Gasteiger partial charge is 0.478 e. The van der Waals surface area contributed by atoms with Gasteiger partial charge in [-0.2, -0.15) is 0 Å². The van der Waals surface area contributed by atoms with Gasteiger partial charge < -0.3 is 10.0 Å². The Hall–Kier alpha value is -1.15. The number of nitrogens with zero attached hydrogens (tertiary/aromatic N) is 1. The third kappa shape index (κ3) is 2.80. The van der Waals surface area contributed by atoms with Gasteiger partial charge in [0.25, 0.3) is 0 Å². The highest BCUT2D eigenvalue weighted by molar-refractivity contribution is 9.10.